The lowest BCUT2D eigenvalue weighted by Crippen LogP contribution is -2.36. The Kier molecular flexibility index (Phi) is 4.04. The van der Waals surface area contributed by atoms with Crippen LogP contribution < -0.4 is 21.5 Å². The van der Waals surface area contributed by atoms with Gasteiger partial charge in [-0.1, -0.05) is 0 Å². The lowest BCUT2D eigenvalue weighted by Gasteiger charge is -2.30. The summed E-state index contributed by atoms with van der Waals surface area (Å²) in [5.41, 5.74) is 7.12. The molecule has 0 spiro atoms. The maximum atomic E-state index is 12.5. The van der Waals surface area contributed by atoms with Crippen LogP contribution in [0.4, 0.5) is 11.5 Å². The Morgan fingerprint density at radius 2 is 1.81 bits per heavy atom. The van der Waals surface area contributed by atoms with Gasteiger partial charge in [0.25, 0.3) is 17.4 Å². The standard InChI is InChI=1S/C17H15BrN4O4/c18-11-7-9(1-2-12(11)21-3-5-26-6-4-21)22-13(23)8-10-14(15(22)19)17(25)20-16(10)24/h1-2,7-8H,3-6,19H2,(H,20,24,25). The van der Waals surface area contributed by atoms with E-state index < -0.39 is 17.4 Å². The number of halogens is 1. The van der Waals surface area contributed by atoms with E-state index in [9.17, 15) is 14.4 Å². The summed E-state index contributed by atoms with van der Waals surface area (Å²) in [5, 5.41) is 2.15. The molecule has 0 atom stereocenters. The van der Waals surface area contributed by atoms with Crippen LogP contribution in [0.1, 0.15) is 20.7 Å². The number of benzene rings is 1. The second kappa shape index (κ2) is 6.26. The molecule has 2 aliphatic heterocycles. The topological polar surface area (TPSA) is 107 Å². The van der Waals surface area contributed by atoms with Crippen LogP contribution in [0.15, 0.2) is 33.5 Å². The maximum absolute atomic E-state index is 12.5. The third-order valence-electron chi connectivity index (χ3n) is 4.49. The van der Waals surface area contributed by atoms with E-state index in [4.69, 9.17) is 10.5 Å². The van der Waals surface area contributed by atoms with Crippen LogP contribution >= 0.6 is 15.9 Å². The largest absolute Gasteiger partial charge is 0.384 e. The molecule has 134 valence electrons. The molecule has 0 bridgehead atoms. The minimum Gasteiger partial charge on any atom is -0.384 e. The number of hydrogen-bond acceptors (Lipinski definition) is 6. The van der Waals surface area contributed by atoms with Crippen molar-refractivity contribution in [2.75, 3.05) is 36.9 Å². The Balaban J connectivity index is 1.80. The molecule has 1 aromatic carbocycles. The molecule has 0 aliphatic carbocycles. The number of fused-ring (bicyclic) bond motifs is 1. The number of nitrogens with one attached hydrogen (secondary N) is 1. The van der Waals surface area contributed by atoms with Crippen molar-refractivity contribution in [3.63, 3.8) is 0 Å². The van der Waals surface area contributed by atoms with Crippen molar-refractivity contribution in [1.82, 2.24) is 9.88 Å². The Labute approximate surface area is 156 Å². The number of amides is 2. The molecule has 3 heterocycles. The Bertz CT molecular complexity index is 995. The number of aromatic nitrogens is 1. The highest BCUT2D eigenvalue weighted by Crippen LogP contribution is 2.30. The van der Waals surface area contributed by atoms with E-state index in [1.165, 1.54) is 4.57 Å². The number of nitrogens with zero attached hydrogens (tertiary/aromatic N) is 2. The number of pyridine rings is 1. The molecule has 8 nitrogen and oxygen atoms in total. The molecular weight excluding hydrogens is 404 g/mol. The lowest BCUT2D eigenvalue weighted by molar-refractivity contribution is 0.0880. The number of imide groups is 1. The van der Waals surface area contributed by atoms with Crippen LogP contribution in [0, 0.1) is 0 Å². The minimum absolute atomic E-state index is 0.0118. The normalized spacial score (nSPS) is 16.6. The smallest absolute Gasteiger partial charge is 0.262 e. The van der Waals surface area contributed by atoms with E-state index in [0.29, 0.717) is 18.9 Å². The van der Waals surface area contributed by atoms with Crippen LogP contribution in [0.3, 0.4) is 0 Å². The average molecular weight is 419 g/mol. The van der Waals surface area contributed by atoms with Gasteiger partial charge in [0, 0.05) is 23.6 Å². The zero-order valence-electron chi connectivity index (χ0n) is 13.6. The predicted molar refractivity (Wildman–Crippen MR) is 99.0 cm³/mol. The molecule has 1 fully saturated rings. The van der Waals surface area contributed by atoms with Crippen molar-refractivity contribution in [1.29, 1.82) is 0 Å². The predicted octanol–water partition coefficient (Wildman–Crippen LogP) is 0.902. The molecule has 2 aromatic rings. The SMILES string of the molecule is Nc1c2c(cc(=O)n1-c1ccc(N3CCOCC3)c(Br)c1)C(=O)NC2=O. The summed E-state index contributed by atoms with van der Waals surface area (Å²) in [6.07, 6.45) is 0. The number of ether oxygens (including phenoxy) is 1. The molecule has 0 saturated carbocycles. The minimum atomic E-state index is -0.607. The van der Waals surface area contributed by atoms with Crippen molar-refractivity contribution in [2.24, 2.45) is 0 Å². The van der Waals surface area contributed by atoms with E-state index in [-0.39, 0.29) is 16.9 Å². The fourth-order valence-electron chi connectivity index (χ4n) is 3.24. The van der Waals surface area contributed by atoms with Crippen LogP contribution in [0.25, 0.3) is 5.69 Å². The van der Waals surface area contributed by atoms with Crippen LogP contribution in [0.5, 0.6) is 0 Å². The summed E-state index contributed by atoms with van der Waals surface area (Å²) in [4.78, 5) is 38.4. The van der Waals surface area contributed by atoms with Gasteiger partial charge in [0.15, 0.2) is 0 Å². The summed E-state index contributed by atoms with van der Waals surface area (Å²) in [6, 6.07) is 6.54. The first-order valence-corrected chi connectivity index (χ1v) is 8.80. The molecule has 9 heteroatoms. The fraction of sp³-hybridized carbons (Fsp3) is 0.235. The second-order valence-corrected chi connectivity index (χ2v) is 6.86. The summed E-state index contributed by atoms with van der Waals surface area (Å²) >= 11 is 3.54. The first-order chi connectivity index (χ1) is 12.5. The second-order valence-electron chi connectivity index (χ2n) is 6.01. The van der Waals surface area contributed by atoms with Gasteiger partial charge in [0.05, 0.1) is 35.7 Å². The summed E-state index contributed by atoms with van der Waals surface area (Å²) in [6.45, 7) is 2.88. The third-order valence-corrected chi connectivity index (χ3v) is 5.13. The molecule has 2 aliphatic rings. The highest BCUT2D eigenvalue weighted by atomic mass is 79.9. The molecule has 2 amide bonds. The number of nitrogens with two attached hydrogens (primary N) is 1. The molecule has 1 aromatic heterocycles. The molecular formula is C17H15BrN4O4. The van der Waals surface area contributed by atoms with Crippen molar-refractivity contribution < 1.29 is 14.3 Å². The van der Waals surface area contributed by atoms with E-state index in [1.54, 1.807) is 12.1 Å². The zero-order chi connectivity index (χ0) is 18.4. The van der Waals surface area contributed by atoms with Gasteiger partial charge in [0.1, 0.15) is 5.82 Å². The molecule has 1 saturated heterocycles. The van der Waals surface area contributed by atoms with Gasteiger partial charge in [-0.05, 0) is 34.1 Å². The van der Waals surface area contributed by atoms with Crippen LogP contribution in [-0.4, -0.2) is 42.7 Å². The maximum Gasteiger partial charge on any atom is 0.262 e. The van der Waals surface area contributed by atoms with Gasteiger partial charge in [-0.2, -0.15) is 0 Å². The summed E-state index contributed by atoms with van der Waals surface area (Å²) in [5.74, 6) is -1.26. The van der Waals surface area contributed by atoms with Crippen molar-refractivity contribution in [3.8, 4) is 5.69 Å². The van der Waals surface area contributed by atoms with Gasteiger partial charge in [-0.15, -0.1) is 0 Å². The van der Waals surface area contributed by atoms with Crippen LogP contribution in [-0.2, 0) is 4.74 Å². The number of nitrogen functional groups attached to an aromatic ring is 1. The molecule has 26 heavy (non-hydrogen) atoms. The first kappa shape index (κ1) is 16.8. The molecule has 0 radical (unpaired) electrons. The lowest BCUT2D eigenvalue weighted by atomic mass is 10.1. The quantitative estimate of drug-likeness (QED) is 0.701. The number of carbonyl (C=O) groups excluding carboxylic acids is 2. The first-order valence-electron chi connectivity index (χ1n) is 8.01. The monoisotopic (exact) mass is 418 g/mol. The van der Waals surface area contributed by atoms with E-state index >= 15 is 0 Å². The highest BCUT2D eigenvalue weighted by molar-refractivity contribution is 9.10. The van der Waals surface area contributed by atoms with E-state index in [1.807, 2.05) is 6.07 Å². The van der Waals surface area contributed by atoms with Crippen molar-refractivity contribution >= 4 is 39.2 Å². The summed E-state index contributed by atoms with van der Waals surface area (Å²) in [7, 11) is 0. The number of anilines is 2. The highest BCUT2D eigenvalue weighted by Gasteiger charge is 2.32. The Hall–Kier alpha value is -2.65. The number of hydrogen-bond donors (Lipinski definition) is 2. The summed E-state index contributed by atoms with van der Waals surface area (Å²) < 4.78 is 7.39. The third kappa shape index (κ3) is 2.60. The number of rotatable bonds is 2. The van der Waals surface area contributed by atoms with Gasteiger partial charge < -0.3 is 15.4 Å². The zero-order valence-corrected chi connectivity index (χ0v) is 15.2. The van der Waals surface area contributed by atoms with Crippen LogP contribution in [0.2, 0.25) is 0 Å². The fourth-order valence-corrected chi connectivity index (χ4v) is 3.86. The molecule has 0 unspecified atom stereocenters. The Morgan fingerprint density at radius 1 is 1.08 bits per heavy atom. The van der Waals surface area contributed by atoms with E-state index in [0.717, 1.165) is 29.3 Å². The average Bonchev–Trinajstić information content (AvgIpc) is 2.89. The van der Waals surface area contributed by atoms with Gasteiger partial charge in [-0.3, -0.25) is 24.3 Å². The van der Waals surface area contributed by atoms with Gasteiger partial charge in [0.2, 0.25) is 0 Å². The molecule has 3 N–H and O–H groups in total. The van der Waals surface area contributed by atoms with Crippen molar-refractivity contribution in [2.45, 2.75) is 0 Å². The Morgan fingerprint density at radius 3 is 2.50 bits per heavy atom. The number of carbonyl (C=O) groups is 2. The van der Waals surface area contributed by atoms with Gasteiger partial charge in [-0.25, -0.2) is 0 Å². The number of morpholine rings is 1. The van der Waals surface area contributed by atoms with Crippen molar-refractivity contribution in [3.05, 3.63) is 50.2 Å². The van der Waals surface area contributed by atoms with E-state index in [2.05, 4.69) is 26.1 Å². The molecule has 4 rings (SSSR count). The van der Waals surface area contributed by atoms with Gasteiger partial charge >= 0.3 is 0 Å².